The maximum Gasteiger partial charge on any atom is 0.318 e. The fraction of sp³-hybridized carbons (Fsp3) is 0.773. The summed E-state index contributed by atoms with van der Waals surface area (Å²) >= 11 is 4.30. The van der Waals surface area contributed by atoms with Gasteiger partial charge in [0.05, 0.1) is 15.9 Å². The van der Waals surface area contributed by atoms with E-state index in [0.29, 0.717) is 35.4 Å². The van der Waals surface area contributed by atoms with Gasteiger partial charge in [-0.05, 0) is 53.9 Å². The molecular formula is C22H20O4S2. The molecule has 4 nitrogen and oxygen atoms in total. The van der Waals surface area contributed by atoms with Gasteiger partial charge < -0.3 is 4.74 Å². The molecule has 12 atom stereocenters. The Morgan fingerprint density at radius 2 is 1.57 bits per heavy atom. The van der Waals surface area contributed by atoms with E-state index in [9.17, 15) is 14.4 Å². The van der Waals surface area contributed by atoms with Gasteiger partial charge in [0, 0.05) is 28.6 Å². The third-order valence-electron chi connectivity index (χ3n) is 11.0. The normalized spacial score (nSPS) is 66.6. The monoisotopic (exact) mass is 412 g/mol. The van der Waals surface area contributed by atoms with Gasteiger partial charge in [-0.15, -0.1) is 23.5 Å². The predicted molar refractivity (Wildman–Crippen MR) is 102 cm³/mol. The van der Waals surface area contributed by atoms with Crippen molar-refractivity contribution in [3.63, 3.8) is 0 Å². The second-order valence-corrected chi connectivity index (χ2v) is 13.7. The Balaban J connectivity index is 1.41. The molecule has 6 saturated carbocycles. The smallest absolute Gasteiger partial charge is 0.318 e. The van der Waals surface area contributed by atoms with Crippen LogP contribution in [0.2, 0.25) is 0 Å². The van der Waals surface area contributed by atoms with Gasteiger partial charge >= 0.3 is 11.9 Å². The summed E-state index contributed by atoms with van der Waals surface area (Å²) in [4.78, 5) is 39.7. The third kappa shape index (κ3) is 0.962. The number of hydrogen-bond acceptors (Lipinski definition) is 6. The zero-order chi connectivity index (χ0) is 18.4. The van der Waals surface area contributed by atoms with Crippen molar-refractivity contribution < 1.29 is 19.1 Å². The molecule has 0 N–H and O–H groups in total. The molecule has 0 aromatic rings. The van der Waals surface area contributed by atoms with E-state index in [2.05, 4.69) is 35.7 Å². The Labute approximate surface area is 171 Å². The number of hydrogen-bond donors (Lipinski definition) is 0. The standard InChI is InChI=1S/C22H20O4S2/c23-17-11-7-6-8-14(11)22(27-4-1-5-28-22)21-10-3-2-9(20(17,21)15(7)16(8)21)12-13(10)19(25)26-18(12)24/h2-3,7-16H,1,4-6H2/t7-,8+,9+,10-,11-,12-,13+,14-,15+,16-,20+,21+/m1/s1. The van der Waals surface area contributed by atoms with E-state index < -0.39 is 5.92 Å². The SMILES string of the molecule is O=C1OC(=O)[C@H]2[C@@H]1[C@H]1C=C[C@@H]2[C@]23C(=O)[C@@H]4[C@H]5C[C@H]6[C@H]4C4(SCCCS4)[C@]12[C@H]6[C@H]53. The number of carbonyl (C=O) groups excluding carboxylic acids is 3. The minimum Gasteiger partial charge on any atom is -0.393 e. The molecule has 0 aromatic carbocycles. The van der Waals surface area contributed by atoms with Crippen LogP contribution >= 0.6 is 23.5 Å². The summed E-state index contributed by atoms with van der Waals surface area (Å²) in [5.74, 6) is 4.46. The lowest BCUT2D eigenvalue weighted by Gasteiger charge is -2.78. The van der Waals surface area contributed by atoms with Crippen molar-refractivity contribution in [1.82, 2.24) is 0 Å². The second kappa shape index (κ2) is 3.93. The molecule has 0 aromatic heterocycles. The minimum atomic E-state index is -0.399. The first-order valence-electron chi connectivity index (χ1n) is 10.9. The fourth-order valence-corrected chi connectivity index (χ4v) is 16.0. The minimum absolute atomic E-state index is 0.0232. The Kier molecular flexibility index (Phi) is 2.12. The van der Waals surface area contributed by atoms with Crippen molar-refractivity contribution in [1.29, 1.82) is 0 Å². The van der Waals surface area contributed by atoms with E-state index in [-0.39, 0.29) is 50.5 Å². The van der Waals surface area contributed by atoms with Crippen LogP contribution in [-0.4, -0.2) is 33.3 Å². The van der Waals surface area contributed by atoms with Gasteiger partial charge in [-0.1, -0.05) is 12.2 Å². The number of rotatable bonds is 0. The lowest BCUT2D eigenvalue weighted by molar-refractivity contribution is -0.261. The lowest BCUT2D eigenvalue weighted by atomic mass is 9.26. The summed E-state index contributed by atoms with van der Waals surface area (Å²) < 4.78 is 5.31. The van der Waals surface area contributed by atoms with Gasteiger partial charge in [0.15, 0.2) is 0 Å². The van der Waals surface area contributed by atoms with Crippen LogP contribution in [0.25, 0.3) is 0 Å². The van der Waals surface area contributed by atoms with E-state index in [1.807, 2.05) is 0 Å². The summed E-state index contributed by atoms with van der Waals surface area (Å²) in [6, 6.07) is 0. The summed E-state index contributed by atoms with van der Waals surface area (Å²) in [6.45, 7) is 0. The van der Waals surface area contributed by atoms with Gasteiger partial charge in [-0.25, -0.2) is 0 Å². The molecule has 2 saturated heterocycles. The number of Topliss-reactive ketones (excluding diaryl/α,β-unsaturated/α-hetero) is 1. The molecule has 144 valence electrons. The molecule has 0 radical (unpaired) electrons. The van der Waals surface area contributed by atoms with Gasteiger partial charge in [0.2, 0.25) is 0 Å². The molecule has 2 aliphatic heterocycles. The number of esters is 2. The quantitative estimate of drug-likeness (QED) is 0.346. The molecule has 0 unspecified atom stereocenters. The molecule has 3 spiro atoms. The van der Waals surface area contributed by atoms with Crippen LogP contribution in [0.15, 0.2) is 12.2 Å². The second-order valence-electron chi connectivity index (χ2n) is 10.7. The first-order chi connectivity index (χ1) is 13.6. The van der Waals surface area contributed by atoms with Crippen molar-refractivity contribution in [2.45, 2.75) is 16.9 Å². The summed E-state index contributed by atoms with van der Waals surface area (Å²) in [6.07, 6.45) is 6.92. The number of allylic oxidation sites excluding steroid dienone is 2. The zero-order valence-electron chi connectivity index (χ0n) is 15.2. The van der Waals surface area contributed by atoms with Crippen molar-refractivity contribution in [2.75, 3.05) is 11.5 Å². The molecule has 0 amide bonds. The van der Waals surface area contributed by atoms with E-state index in [4.69, 9.17) is 4.74 Å². The number of fused-ring (bicyclic) bond motifs is 2. The third-order valence-corrected chi connectivity index (χ3v) is 14.8. The highest BCUT2D eigenvalue weighted by atomic mass is 32.2. The maximum absolute atomic E-state index is 14.2. The van der Waals surface area contributed by atoms with Crippen LogP contribution < -0.4 is 0 Å². The van der Waals surface area contributed by atoms with Crippen molar-refractivity contribution >= 4 is 41.2 Å². The average molecular weight is 413 g/mol. The van der Waals surface area contributed by atoms with Crippen molar-refractivity contribution in [2.24, 2.45) is 70.0 Å². The van der Waals surface area contributed by atoms with Crippen LogP contribution in [-0.2, 0) is 19.1 Å². The number of ether oxygens (including phenoxy) is 1. The molecule has 6 heteroatoms. The molecule has 8 aliphatic carbocycles. The number of thioether (sulfide) groups is 2. The highest BCUT2D eigenvalue weighted by molar-refractivity contribution is 8.18. The predicted octanol–water partition coefficient (Wildman–Crippen LogP) is 2.38. The topological polar surface area (TPSA) is 60.4 Å². The molecule has 8 fully saturated rings. The van der Waals surface area contributed by atoms with Crippen LogP contribution in [0, 0.1) is 70.0 Å². The van der Waals surface area contributed by atoms with Gasteiger partial charge in [0.25, 0.3) is 0 Å². The summed E-state index contributed by atoms with van der Waals surface area (Å²) in [5, 5.41) is 0. The Morgan fingerprint density at radius 1 is 0.857 bits per heavy atom. The summed E-state index contributed by atoms with van der Waals surface area (Å²) in [5.41, 5.74) is -0.463. The molecule has 4 bridgehead atoms. The van der Waals surface area contributed by atoms with Gasteiger partial charge in [-0.2, -0.15) is 0 Å². The maximum atomic E-state index is 14.2. The lowest BCUT2D eigenvalue weighted by Crippen LogP contribution is -2.82. The largest absolute Gasteiger partial charge is 0.393 e. The zero-order valence-corrected chi connectivity index (χ0v) is 16.8. The molecular weight excluding hydrogens is 392 g/mol. The molecule has 28 heavy (non-hydrogen) atoms. The van der Waals surface area contributed by atoms with Crippen LogP contribution in [0.4, 0.5) is 0 Å². The first kappa shape index (κ1) is 15.1. The van der Waals surface area contributed by atoms with Crippen LogP contribution in [0.3, 0.4) is 0 Å². The summed E-state index contributed by atoms with van der Waals surface area (Å²) in [7, 11) is 0. The van der Waals surface area contributed by atoms with Gasteiger partial charge in [0.1, 0.15) is 5.78 Å². The number of cyclic esters (lactones) is 2. The van der Waals surface area contributed by atoms with Crippen LogP contribution in [0.1, 0.15) is 12.8 Å². The van der Waals surface area contributed by atoms with E-state index in [0.717, 1.165) is 0 Å². The Morgan fingerprint density at radius 3 is 2.36 bits per heavy atom. The molecule has 10 aliphatic rings. The van der Waals surface area contributed by atoms with Crippen molar-refractivity contribution in [3.05, 3.63) is 12.2 Å². The Bertz CT molecular complexity index is 983. The number of carbonyl (C=O) groups is 3. The average Bonchev–Trinajstić information content (AvgIpc) is 3.33. The highest BCUT2D eigenvalue weighted by Crippen LogP contribution is 3.01. The highest BCUT2D eigenvalue weighted by Gasteiger charge is 3.03. The fourth-order valence-electron chi connectivity index (χ4n) is 11.4. The van der Waals surface area contributed by atoms with Crippen molar-refractivity contribution in [3.8, 4) is 0 Å². The van der Waals surface area contributed by atoms with Gasteiger partial charge in [-0.3, -0.25) is 14.4 Å². The van der Waals surface area contributed by atoms with E-state index in [1.165, 1.54) is 24.3 Å². The molecule has 10 rings (SSSR count). The molecule has 2 heterocycles. The number of ketones is 1. The Hall–Kier alpha value is -0.750. The first-order valence-corrected chi connectivity index (χ1v) is 12.9. The van der Waals surface area contributed by atoms with Crippen LogP contribution in [0.5, 0.6) is 0 Å². The van der Waals surface area contributed by atoms with E-state index >= 15 is 0 Å². The van der Waals surface area contributed by atoms with E-state index in [1.54, 1.807) is 0 Å².